The fourth-order valence-electron chi connectivity index (χ4n) is 3.25. The molecular formula is C17H23N3. The van der Waals surface area contributed by atoms with Gasteiger partial charge in [-0.15, -0.1) is 0 Å². The highest BCUT2D eigenvalue weighted by molar-refractivity contribution is 5.25. The van der Waals surface area contributed by atoms with Crippen LogP contribution in [0.25, 0.3) is 0 Å². The van der Waals surface area contributed by atoms with Gasteiger partial charge in [-0.1, -0.05) is 30.3 Å². The molecule has 2 atom stereocenters. The van der Waals surface area contributed by atoms with Crippen molar-refractivity contribution >= 4 is 0 Å². The molecule has 3 nitrogen and oxygen atoms in total. The second kappa shape index (κ2) is 5.80. The van der Waals surface area contributed by atoms with Gasteiger partial charge in [-0.2, -0.15) is 5.10 Å². The summed E-state index contributed by atoms with van der Waals surface area (Å²) in [7, 11) is 2.05. The molecule has 0 saturated heterocycles. The zero-order valence-corrected chi connectivity index (χ0v) is 12.3. The first kappa shape index (κ1) is 13.4. The monoisotopic (exact) mass is 269 g/mol. The van der Waals surface area contributed by atoms with Crippen LogP contribution in [0, 0.1) is 0 Å². The summed E-state index contributed by atoms with van der Waals surface area (Å²) in [4.78, 5) is 0. The summed E-state index contributed by atoms with van der Waals surface area (Å²) in [5, 5.41) is 8.20. The average Bonchev–Trinajstić information content (AvgIpc) is 2.83. The highest BCUT2D eigenvalue weighted by Crippen LogP contribution is 2.29. The van der Waals surface area contributed by atoms with E-state index in [0.29, 0.717) is 12.1 Å². The number of benzene rings is 1. The third kappa shape index (κ3) is 2.78. The molecule has 0 aliphatic heterocycles. The van der Waals surface area contributed by atoms with Gasteiger partial charge in [-0.3, -0.25) is 4.68 Å². The van der Waals surface area contributed by atoms with E-state index in [4.69, 9.17) is 0 Å². The summed E-state index contributed by atoms with van der Waals surface area (Å²) in [5.74, 6) is 0. The lowest BCUT2D eigenvalue weighted by molar-refractivity contribution is 0.403. The molecular weight excluding hydrogens is 246 g/mol. The Morgan fingerprint density at radius 3 is 2.95 bits per heavy atom. The van der Waals surface area contributed by atoms with Crippen molar-refractivity contribution in [1.82, 2.24) is 15.1 Å². The fourth-order valence-corrected chi connectivity index (χ4v) is 3.25. The standard InChI is InChI=1S/C17H23N3/c1-13(11-14-7-4-3-5-8-14)19-16-9-6-10-17-15(16)12-18-20(17)2/h3-5,7-8,12-13,16,19H,6,9-11H2,1-2H3. The van der Waals surface area contributed by atoms with Gasteiger partial charge in [-0.05, 0) is 38.2 Å². The summed E-state index contributed by atoms with van der Waals surface area (Å²) >= 11 is 0. The minimum Gasteiger partial charge on any atom is -0.307 e. The van der Waals surface area contributed by atoms with Gasteiger partial charge in [0.2, 0.25) is 0 Å². The second-order valence-corrected chi connectivity index (χ2v) is 5.87. The lowest BCUT2D eigenvalue weighted by Crippen LogP contribution is -2.34. The maximum Gasteiger partial charge on any atom is 0.0540 e. The Kier molecular flexibility index (Phi) is 3.88. The van der Waals surface area contributed by atoms with E-state index in [1.54, 1.807) is 0 Å². The summed E-state index contributed by atoms with van der Waals surface area (Å²) < 4.78 is 2.03. The lowest BCUT2D eigenvalue weighted by Gasteiger charge is -2.27. The quantitative estimate of drug-likeness (QED) is 0.924. The highest BCUT2D eigenvalue weighted by Gasteiger charge is 2.24. The molecule has 1 aromatic carbocycles. The molecule has 1 heterocycles. The zero-order valence-electron chi connectivity index (χ0n) is 12.3. The smallest absolute Gasteiger partial charge is 0.0540 e. The van der Waals surface area contributed by atoms with E-state index >= 15 is 0 Å². The molecule has 20 heavy (non-hydrogen) atoms. The molecule has 0 amide bonds. The number of hydrogen-bond acceptors (Lipinski definition) is 2. The first-order chi connectivity index (χ1) is 9.74. The van der Waals surface area contributed by atoms with Crippen LogP contribution in [0.5, 0.6) is 0 Å². The van der Waals surface area contributed by atoms with Crippen LogP contribution in [0.2, 0.25) is 0 Å². The minimum absolute atomic E-state index is 0.464. The van der Waals surface area contributed by atoms with E-state index in [0.717, 1.165) is 12.8 Å². The molecule has 2 unspecified atom stereocenters. The van der Waals surface area contributed by atoms with Crippen molar-refractivity contribution in [2.75, 3.05) is 0 Å². The number of aryl methyl sites for hydroxylation is 1. The Morgan fingerprint density at radius 1 is 1.35 bits per heavy atom. The van der Waals surface area contributed by atoms with Crippen molar-refractivity contribution < 1.29 is 0 Å². The first-order valence-electron chi connectivity index (χ1n) is 7.55. The number of aromatic nitrogens is 2. The number of fused-ring (bicyclic) bond motifs is 1. The lowest BCUT2D eigenvalue weighted by atomic mass is 9.92. The molecule has 1 aliphatic carbocycles. The van der Waals surface area contributed by atoms with Crippen LogP contribution in [0.15, 0.2) is 36.5 Å². The predicted octanol–water partition coefficient (Wildman–Crippen LogP) is 3.02. The predicted molar refractivity (Wildman–Crippen MR) is 81.6 cm³/mol. The van der Waals surface area contributed by atoms with Crippen LogP contribution in [-0.2, 0) is 19.9 Å². The minimum atomic E-state index is 0.464. The van der Waals surface area contributed by atoms with E-state index in [1.165, 1.54) is 29.7 Å². The van der Waals surface area contributed by atoms with Crippen molar-refractivity contribution in [2.24, 2.45) is 7.05 Å². The molecule has 0 saturated carbocycles. The van der Waals surface area contributed by atoms with Crippen molar-refractivity contribution in [3.8, 4) is 0 Å². The molecule has 1 aliphatic rings. The Hall–Kier alpha value is -1.61. The third-order valence-electron chi connectivity index (χ3n) is 4.25. The topological polar surface area (TPSA) is 29.9 Å². The number of hydrogen-bond donors (Lipinski definition) is 1. The van der Waals surface area contributed by atoms with Gasteiger partial charge >= 0.3 is 0 Å². The Bertz CT molecular complexity index is 559. The maximum absolute atomic E-state index is 4.42. The summed E-state index contributed by atoms with van der Waals surface area (Å²) in [5.41, 5.74) is 4.20. The van der Waals surface area contributed by atoms with Gasteiger partial charge in [0.15, 0.2) is 0 Å². The molecule has 0 fully saturated rings. The summed E-state index contributed by atoms with van der Waals surface area (Å²) in [6.07, 6.45) is 6.76. The van der Waals surface area contributed by atoms with Crippen molar-refractivity contribution in [2.45, 2.75) is 44.7 Å². The Morgan fingerprint density at radius 2 is 2.15 bits per heavy atom. The molecule has 2 aromatic rings. The van der Waals surface area contributed by atoms with Gasteiger partial charge in [0.25, 0.3) is 0 Å². The zero-order chi connectivity index (χ0) is 13.9. The van der Waals surface area contributed by atoms with Crippen molar-refractivity contribution in [3.63, 3.8) is 0 Å². The number of nitrogens with zero attached hydrogens (tertiary/aromatic N) is 2. The van der Waals surface area contributed by atoms with Gasteiger partial charge < -0.3 is 5.32 Å². The van der Waals surface area contributed by atoms with Crippen molar-refractivity contribution in [3.05, 3.63) is 53.3 Å². The van der Waals surface area contributed by atoms with Crippen LogP contribution < -0.4 is 5.32 Å². The largest absolute Gasteiger partial charge is 0.307 e. The van der Waals surface area contributed by atoms with Crippen LogP contribution in [0.4, 0.5) is 0 Å². The summed E-state index contributed by atoms with van der Waals surface area (Å²) in [6.45, 7) is 2.28. The van der Waals surface area contributed by atoms with Crippen LogP contribution >= 0.6 is 0 Å². The van der Waals surface area contributed by atoms with E-state index < -0.39 is 0 Å². The van der Waals surface area contributed by atoms with Crippen LogP contribution in [0.3, 0.4) is 0 Å². The fraction of sp³-hybridized carbons (Fsp3) is 0.471. The van der Waals surface area contributed by atoms with Gasteiger partial charge in [-0.25, -0.2) is 0 Å². The average molecular weight is 269 g/mol. The Balaban J connectivity index is 1.66. The molecule has 3 heteroatoms. The molecule has 106 valence electrons. The maximum atomic E-state index is 4.42. The van der Waals surface area contributed by atoms with Crippen LogP contribution in [-0.4, -0.2) is 15.8 Å². The second-order valence-electron chi connectivity index (χ2n) is 5.87. The Labute approximate surface area is 121 Å². The highest BCUT2D eigenvalue weighted by atomic mass is 15.3. The first-order valence-corrected chi connectivity index (χ1v) is 7.55. The normalized spacial score (nSPS) is 19.6. The number of nitrogens with one attached hydrogen (secondary N) is 1. The summed E-state index contributed by atoms with van der Waals surface area (Å²) in [6, 6.07) is 11.7. The van der Waals surface area contributed by atoms with E-state index in [2.05, 4.69) is 54.7 Å². The SMILES string of the molecule is CC(Cc1ccccc1)NC1CCCc2c1cnn2C. The van der Waals surface area contributed by atoms with Crippen LogP contribution in [0.1, 0.15) is 42.6 Å². The van der Waals surface area contributed by atoms with Gasteiger partial charge in [0, 0.05) is 30.4 Å². The van der Waals surface area contributed by atoms with E-state index in [-0.39, 0.29) is 0 Å². The van der Waals surface area contributed by atoms with Gasteiger partial charge in [0.1, 0.15) is 0 Å². The van der Waals surface area contributed by atoms with Gasteiger partial charge in [0.05, 0.1) is 6.20 Å². The molecule has 3 rings (SSSR count). The molecule has 0 spiro atoms. The van der Waals surface area contributed by atoms with E-state index in [1.807, 2.05) is 10.9 Å². The molecule has 1 aromatic heterocycles. The molecule has 0 radical (unpaired) electrons. The van der Waals surface area contributed by atoms with E-state index in [9.17, 15) is 0 Å². The number of rotatable bonds is 4. The molecule has 1 N–H and O–H groups in total. The molecule has 0 bridgehead atoms. The van der Waals surface area contributed by atoms with Crippen molar-refractivity contribution in [1.29, 1.82) is 0 Å². The third-order valence-corrected chi connectivity index (χ3v) is 4.25.